The fourth-order valence-corrected chi connectivity index (χ4v) is 4.06. The first-order valence-electron chi connectivity index (χ1n) is 12.5. The lowest BCUT2D eigenvalue weighted by molar-refractivity contribution is 0.0733. The normalized spacial score (nSPS) is 11.0. The smallest absolute Gasteiger partial charge is 0.343 e. The maximum Gasteiger partial charge on any atom is 0.343 e. The van der Waals surface area contributed by atoms with Crippen molar-refractivity contribution in [3.63, 3.8) is 0 Å². The van der Waals surface area contributed by atoms with Crippen LogP contribution in [0.4, 0.5) is 13.2 Å². The van der Waals surface area contributed by atoms with Crippen molar-refractivity contribution in [2.75, 3.05) is 0 Å². The van der Waals surface area contributed by atoms with Crippen molar-refractivity contribution < 1.29 is 22.7 Å². The van der Waals surface area contributed by atoms with E-state index < -0.39 is 29.2 Å². The van der Waals surface area contributed by atoms with E-state index in [1.807, 2.05) is 0 Å². The molecule has 0 aromatic heterocycles. The molecule has 0 fully saturated rings. The average molecular weight is 483 g/mol. The average Bonchev–Trinajstić information content (AvgIpc) is 2.86. The van der Waals surface area contributed by atoms with Gasteiger partial charge in [0.2, 0.25) is 0 Å². The van der Waals surface area contributed by atoms with Crippen molar-refractivity contribution in [3.05, 3.63) is 89.2 Å². The molecule has 0 aliphatic rings. The molecule has 0 aliphatic carbocycles. The van der Waals surface area contributed by atoms with Crippen LogP contribution >= 0.6 is 0 Å². The van der Waals surface area contributed by atoms with E-state index in [4.69, 9.17) is 4.74 Å². The fraction of sp³-hybridized carbons (Fsp3) is 0.367. The highest BCUT2D eigenvalue weighted by atomic mass is 19.2. The molecule has 0 unspecified atom stereocenters. The van der Waals surface area contributed by atoms with E-state index in [-0.39, 0.29) is 5.56 Å². The SMILES string of the molecule is CCCCCCCCCCCc1ccc(-c2ccc(C(=O)Oc3cc(F)c(F)c(F)c3)cc2)cc1. The van der Waals surface area contributed by atoms with Gasteiger partial charge in [0, 0.05) is 12.1 Å². The van der Waals surface area contributed by atoms with Gasteiger partial charge < -0.3 is 4.74 Å². The highest BCUT2D eigenvalue weighted by Crippen LogP contribution is 2.23. The molecule has 0 heterocycles. The number of carbonyl (C=O) groups excluding carboxylic acids is 1. The Morgan fingerprint density at radius 3 is 1.71 bits per heavy atom. The third-order valence-electron chi connectivity index (χ3n) is 6.14. The van der Waals surface area contributed by atoms with E-state index in [9.17, 15) is 18.0 Å². The maximum absolute atomic E-state index is 13.3. The van der Waals surface area contributed by atoms with Crippen LogP contribution in [-0.2, 0) is 6.42 Å². The largest absolute Gasteiger partial charge is 0.423 e. The summed E-state index contributed by atoms with van der Waals surface area (Å²) < 4.78 is 44.7. The topological polar surface area (TPSA) is 26.3 Å². The summed E-state index contributed by atoms with van der Waals surface area (Å²) >= 11 is 0. The molecule has 0 bridgehead atoms. The molecule has 3 rings (SSSR count). The number of hydrogen-bond donors (Lipinski definition) is 0. The summed E-state index contributed by atoms with van der Waals surface area (Å²) in [4.78, 5) is 12.3. The summed E-state index contributed by atoms with van der Waals surface area (Å²) in [6.45, 7) is 2.25. The van der Waals surface area contributed by atoms with Crippen LogP contribution < -0.4 is 4.74 Å². The van der Waals surface area contributed by atoms with Crippen molar-refractivity contribution in [1.82, 2.24) is 0 Å². The summed E-state index contributed by atoms with van der Waals surface area (Å²) in [7, 11) is 0. The molecular weight excluding hydrogens is 449 g/mol. The predicted octanol–water partition coefficient (Wildman–Crippen LogP) is 9.06. The van der Waals surface area contributed by atoms with E-state index >= 15 is 0 Å². The second-order valence-electron chi connectivity index (χ2n) is 8.94. The zero-order chi connectivity index (χ0) is 25.0. The first kappa shape index (κ1) is 26.5. The minimum atomic E-state index is -1.60. The number of halogens is 3. The van der Waals surface area contributed by atoms with Gasteiger partial charge in [0.1, 0.15) is 5.75 Å². The van der Waals surface area contributed by atoms with Gasteiger partial charge >= 0.3 is 5.97 Å². The van der Waals surface area contributed by atoms with E-state index in [1.54, 1.807) is 24.3 Å². The van der Waals surface area contributed by atoms with E-state index in [0.717, 1.165) is 17.5 Å². The van der Waals surface area contributed by atoms with Gasteiger partial charge in [0.15, 0.2) is 17.5 Å². The maximum atomic E-state index is 13.3. The molecule has 0 N–H and O–H groups in total. The Kier molecular flexibility index (Phi) is 10.4. The van der Waals surface area contributed by atoms with Gasteiger partial charge in [0.05, 0.1) is 5.56 Å². The number of aryl methyl sites for hydroxylation is 1. The van der Waals surface area contributed by atoms with Crippen molar-refractivity contribution in [2.24, 2.45) is 0 Å². The van der Waals surface area contributed by atoms with Crippen molar-refractivity contribution >= 4 is 5.97 Å². The first-order chi connectivity index (χ1) is 17.0. The molecule has 0 atom stereocenters. The quantitative estimate of drug-likeness (QED) is 0.105. The van der Waals surface area contributed by atoms with Crippen molar-refractivity contribution in [3.8, 4) is 16.9 Å². The third-order valence-corrected chi connectivity index (χ3v) is 6.14. The first-order valence-corrected chi connectivity index (χ1v) is 12.5. The van der Waals surface area contributed by atoms with Gasteiger partial charge in [-0.25, -0.2) is 18.0 Å². The lowest BCUT2D eigenvalue weighted by Crippen LogP contribution is -2.09. The van der Waals surface area contributed by atoms with Crippen LogP contribution in [0, 0.1) is 17.5 Å². The van der Waals surface area contributed by atoms with Crippen LogP contribution in [0.25, 0.3) is 11.1 Å². The van der Waals surface area contributed by atoms with Crippen molar-refractivity contribution in [1.29, 1.82) is 0 Å². The molecule has 0 aliphatic heterocycles. The molecule has 0 amide bonds. The van der Waals surface area contributed by atoms with Crippen molar-refractivity contribution in [2.45, 2.75) is 71.1 Å². The molecule has 35 heavy (non-hydrogen) atoms. The van der Waals surface area contributed by atoms with Gasteiger partial charge in [0.25, 0.3) is 0 Å². The number of ether oxygens (including phenoxy) is 1. The Labute approximate surface area is 206 Å². The van der Waals surface area contributed by atoms with Gasteiger partial charge in [-0.1, -0.05) is 94.7 Å². The Morgan fingerprint density at radius 1 is 0.686 bits per heavy atom. The number of rotatable bonds is 13. The second-order valence-corrected chi connectivity index (χ2v) is 8.94. The molecule has 0 spiro atoms. The molecule has 186 valence electrons. The summed E-state index contributed by atoms with van der Waals surface area (Å²) in [6, 6.07) is 16.5. The molecular formula is C30H33F3O2. The summed E-state index contributed by atoms with van der Waals surface area (Å²) in [6.07, 6.45) is 12.9. The highest BCUT2D eigenvalue weighted by Gasteiger charge is 2.15. The van der Waals surface area contributed by atoms with Crippen LogP contribution in [0.3, 0.4) is 0 Å². The van der Waals surface area contributed by atoms with E-state index in [0.29, 0.717) is 12.1 Å². The Bertz CT molecular complexity index is 1050. The number of unbranched alkanes of at least 4 members (excludes halogenated alkanes) is 8. The number of esters is 1. The number of benzene rings is 3. The van der Waals surface area contributed by atoms with E-state index in [2.05, 4.69) is 31.2 Å². The summed E-state index contributed by atoms with van der Waals surface area (Å²) in [5, 5.41) is 0. The highest BCUT2D eigenvalue weighted by molar-refractivity contribution is 5.91. The number of carbonyl (C=O) groups is 1. The van der Waals surface area contributed by atoms with Crippen LogP contribution in [0.2, 0.25) is 0 Å². The molecule has 3 aromatic carbocycles. The van der Waals surface area contributed by atoms with Gasteiger partial charge in [-0.05, 0) is 41.7 Å². The lowest BCUT2D eigenvalue weighted by Gasteiger charge is -2.08. The van der Waals surface area contributed by atoms with Gasteiger partial charge in [-0.2, -0.15) is 0 Å². The minimum absolute atomic E-state index is 0.223. The standard InChI is InChI=1S/C30H33F3O2/c1-2-3-4-5-6-7-8-9-10-11-22-12-14-23(15-13-22)24-16-18-25(19-17-24)30(34)35-26-20-27(31)29(33)28(32)21-26/h12-21H,2-11H2,1H3. The minimum Gasteiger partial charge on any atom is -0.423 e. The predicted molar refractivity (Wildman–Crippen MR) is 134 cm³/mol. The Hall–Kier alpha value is -3.08. The van der Waals surface area contributed by atoms with Crippen LogP contribution in [0.15, 0.2) is 60.7 Å². The number of hydrogen-bond acceptors (Lipinski definition) is 2. The van der Waals surface area contributed by atoms with Crippen LogP contribution in [0.1, 0.15) is 80.6 Å². The Balaban J connectivity index is 1.45. The zero-order valence-corrected chi connectivity index (χ0v) is 20.3. The molecule has 2 nitrogen and oxygen atoms in total. The fourth-order valence-electron chi connectivity index (χ4n) is 4.06. The van der Waals surface area contributed by atoms with Gasteiger partial charge in [-0.3, -0.25) is 0 Å². The summed E-state index contributed by atoms with van der Waals surface area (Å²) in [5.74, 6) is -5.60. The van der Waals surface area contributed by atoms with Crippen LogP contribution in [-0.4, -0.2) is 5.97 Å². The lowest BCUT2D eigenvalue weighted by atomic mass is 10.00. The monoisotopic (exact) mass is 482 g/mol. The summed E-state index contributed by atoms with van der Waals surface area (Å²) in [5.41, 5.74) is 3.51. The molecule has 0 saturated carbocycles. The van der Waals surface area contributed by atoms with E-state index in [1.165, 1.54) is 63.4 Å². The molecule has 0 radical (unpaired) electrons. The van der Waals surface area contributed by atoms with Crippen LogP contribution in [0.5, 0.6) is 5.75 Å². The van der Waals surface area contributed by atoms with Gasteiger partial charge in [-0.15, -0.1) is 0 Å². The Morgan fingerprint density at radius 2 is 1.17 bits per heavy atom. The third kappa shape index (κ3) is 8.27. The molecule has 5 heteroatoms. The molecule has 0 saturated heterocycles. The second kappa shape index (κ2) is 13.7. The zero-order valence-electron chi connectivity index (χ0n) is 20.3. The molecule has 3 aromatic rings.